The van der Waals surface area contributed by atoms with Gasteiger partial charge in [0.25, 0.3) is 9.05 Å². The van der Waals surface area contributed by atoms with Crippen LogP contribution in [-0.2, 0) is 9.05 Å². The number of aromatic nitrogens is 2. The van der Waals surface area contributed by atoms with Crippen LogP contribution in [0, 0.1) is 6.92 Å². The minimum Gasteiger partial charge on any atom is -0.220 e. The van der Waals surface area contributed by atoms with Gasteiger partial charge in [0, 0.05) is 15.2 Å². The third kappa shape index (κ3) is 3.28. The average Bonchev–Trinajstić information content (AvgIpc) is 2.67. The maximum atomic E-state index is 11.8. The van der Waals surface area contributed by atoms with Crippen molar-refractivity contribution in [3.8, 4) is 5.69 Å². The molecular weight excluding hydrogens is 399 g/mol. The topological polar surface area (TPSA) is 52.0 Å². The molecule has 0 aliphatic heterocycles. The van der Waals surface area contributed by atoms with Crippen LogP contribution in [0.3, 0.4) is 0 Å². The largest absolute Gasteiger partial charge is 0.266 e. The Labute approximate surface area is 141 Å². The lowest BCUT2D eigenvalue weighted by Crippen LogP contribution is -2.00. The van der Waals surface area contributed by atoms with Crippen molar-refractivity contribution in [2.75, 3.05) is 0 Å². The van der Waals surface area contributed by atoms with E-state index in [1.54, 1.807) is 0 Å². The standard InChI is InChI=1S/C13H13BrCl2N2O2S/c1-7(2)11-12(21(16,19)20)13(15)18(17-11)10-5-4-9(14)6-8(10)3/h4-7H,1-3H3. The van der Waals surface area contributed by atoms with Crippen LogP contribution in [0.2, 0.25) is 5.15 Å². The molecule has 8 heteroatoms. The quantitative estimate of drug-likeness (QED) is 0.690. The van der Waals surface area contributed by atoms with Gasteiger partial charge in [0.05, 0.1) is 11.4 Å². The molecule has 0 bridgehead atoms. The Hall–Kier alpha value is -0.560. The van der Waals surface area contributed by atoms with Gasteiger partial charge in [0.15, 0.2) is 5.15 Å². The van der Waals surface area contributed by atoms with E-state index in [-0.39, 0.29) is 16.0 Å². The van der Waals surface area contributed by atoms with Crippen LogP contribution in [0.15, 0.2) is 27.6 Å². The van der Waals surface area contributed by atoms with Crippen molar-refractivity contribution in [2.45, 2.75) is 31.6 Å². The fraction of sp³-hybridized carbons (Fsp3) is 0.308. The molecule has 0 saturated carbocycles. The number of benzene rings is 1. The van der Waals surface area contributed by atoms with Crippen LogP contribution >= 0.6 is 38.2 Å². The smallest absolute Gasteiger partial charge is 0.220 e. The van der Waals surface area contributed by atoms with Crippen molar-refractivity contribution in [1.29, 1.82) is 0 Å². The highest BCUT2D eigenvalue weighted by atomic mass is 79.9. The van der Waals surface area contributed by atoms with Crippen LogP contribution in [0.4, 0.5) is 0 Å². The van der Waals surface area contributed by atoms with E-state index in [4.69, 9.17) is 22.3 Å². The Morgan fingerprint density at radius 2 is 1.95 bits per heavy atom. The molecule has 1 aromatic heterocycles. The van der Waals surface area contributed by atoms with Crippen LogP contribution in [0.5, 0.6) is 0 Å². The Balaban J connectivity index is 2.78. The second kappa shape index (κ2) is 5.91. The fourth-order valence-corrected chi connectivity index (χ4v) is 4.41. The molecule has 0 saturated heterocycles. The molecule has 21 heavy (non-hydrogen) atoms. The van der Waals surface area contributed by atoms with Gasteiger partial charge in [0.2, 0.25) is 0 Å². The van der Waals surface area contributed by atoms with Gasteiger partial charge in [-0.3, -0.25) is 0 Å². The number of aryl methyl sites for hydroxylation is 1. The molecule has 0 amide bonds. The molecule has 0 atom stereocenters. The van der Waals surface area contributed by atoms with Crippen LogP contribution < -0.4 is 0 Å². The summed E-state index contributed by atoms with van der Waals surface area (Å²) in [7, 11) is 1.54. The molecule has 4 nitrogen and oxygen atoms in total. The molecule has 0 aliphatic carbocycles. The third-order valence-electron chi connectivity index (χ3n) is 2.99. The van der Waals surface area contributed by atoms with E-state index in [1.165, 1.54) is 4.68 Å². The summed E-state index contributed by atoms with van der Waals surface area (Å²) in [6.45, 7) is 5.56. The lowest BCUT2D eigenvalue weighted by atomic mass is 10.1. The molecule has 2 aromatic rings. The molecule has 0 unspecified atom stereocenters. The van der Waals surface area contributed by atoms with Crippen molar-refractivity contribution in [3.63, 3.8) is 0 Å². The molecule has 1 heterocycles. The van der Waals surface area contributed by atoms with Crippen LogP contribution in [0.25, 0.3) is 5.69 Å². The number of nitrogens with zero attached hydrogens (tertiary/aromatic N) is 2. The minimum atomic E-state index is -3.97. The summed E-state index contributed by atoms with van der Waals surface area (Å²) in [5.41, 5.74) is 1.97. The zero-order valence-corrected chi connectivity index (χ0v) is 15.5. The monoisotopic (exact) mass is 410 g/mol. The van der Waals surface area contributed by atoms with Gasteiger partial charge >= 0.3 is 0 Å². The van der Waals surface area contributed by atoms with E-state index in [0.29, 0.717) is 11.4 Å². The molecule has 0 aliphatic rings. The molecule has 2 rings (SSSR count). The van der Waals surface area contributed by atoms with E-state index < -0.39 is 9.05 Å². The predicted molar refractivity (Wildman–Crippen MR) is 88.1 cm³/mol. The summed E-state index contributed by atoms with van der Waals surface area (Å²) in [4.78, 5) is -0.122. The first-order chi connectivity index (χ1) is 9.62. The van der Waals surface area contributed by atoms with E-state index in [0.717, 1.165) is 10.0 Å². The second-order valence-electron chi connectivity index (χ2n) is 4.94. The van der Waals surface area contributed by atoms with Gasteiger partial charge in [-0.2, -0.15) is 5.10 Å². The molecule has 0 fully saturated rings. The molecule has 0 spiro atoms. The lowest BCUT2D eigenvalue weighted by molar-refractivity contribution is 0.607. The summed E-state index contributed by atoms with van der Waals surface area (Å²) >= 11 is 9.61. The number of rotatable bonds is 3. The van der Waals surface area contributed by atoms with Crippen LogP contribution in [0.1, 0.15) is 31.0 Å². The number of hydrogen-bond acceptors (Lipinski definition) is 3. The fourth-order valence-electron chi connectivity index (χ4n) is 2.02. The zero-order valence-electron chi connectivity index (χ0n) is 11.6. The van der Waals surface area contributed by atoms with Crippen molar-refractivity contribution in [3.05, 3.63) is 39.1 Å². The maximum absolute atomic E-state index is 11.8. The first kappa shape index (κ1) is 16.8. The highest BCUT2D eigenvalue weighted by Gasteiger charge is 2.28. The van der Waals surface area contributed by atoms with Gasteiger partial charge in [0.1, 0.15) is 4.90 Å². The molecular formula is C13H13BrCl2N2O2S. The molecule has 1 aromatic carbocycles. The molecule has 114 valence electrons. The number of hydrogen-bond donors (Lipinski definition) is 0. The van der Waals surface area contributed by atoms with Crippen molar-refractivity contribution < 1.29 is 8.42 Å². The zero-order chi connectivity index (χ0) is 15.9. The second-order valence-corrected chi connectivity index (χ2v) is 8.72. The minimum absolute atomic E-state index is 0.000813. The van der Waals surface area contributed by atoms with E-state index in [1.807, 2.05) is 39.0 Å². The summed E-state index contributed by atoms with van der Waals surface area (Å²) in [5.74, 6) is -0.122. The lowest BCUT2D eigenvalue weighted by Gasteiger charge is -2.07. The van der Waals surface area contributed by atoms with Crippen LogP contribution in [-0.4, -0.2) is 18.2 Å². The van der Waals surface area contributed by atoms with E-state index in [9.17, 15) is 8.42 Å². The summed E-state index contributed by atoms with van der Waals surface area (Å²) in [5, 5.41) is 4.34. The normalized spacial score (nSPS) is 12.1. The van der Waals surface area contributed by atoms with Gasteiger partial charge in [-0.15, -0.1) is 0 Å². The number of halogens is 3. The third-order valence-corrected chi connectivity index (χ3v) is 5.30. The van der Waals surface area contributed by atoms with Gasteiger partial charge in [-0.25, -0.2) is 13.1 Å². The first-order valence-electron chi connectivity index (χ1n) is 6.12. The summed E-state index contributed by atoms with van der Waals surface area (Å²) in [6, 6.07) is 5.55. The summed E-state index contributed by atoms with van der Waals surface area (Å²) < 4.78 is 25.9. The van der Waals surface area contributed by atoms with Gasteiger partial charge in [-0.1, -0.05) is 41.4 Å². The highest BCUT2D eigenvalue weighted by Crippen LogP contribution is 2.35. The predicted octanol–water partition coefficient (Wildman–Crippen LogP) is 4.65. The first-order valence-corrected chi connectivity index (χ1v) is 9.60. The Morgan fingerprint density at radius 3 is 2.38 bits per heavy atom. The Morgan fingerprint density at radius 1 is 1.33 bits per heavy atom. The van der Waals surface area contributed by atoms with Crippen molar-refractivity contribution in [2.24, 2.45) is 0 Å². The molecule has 0 radical (unpaired) electrons. The highest BCUT2D eigenvalue weighted by molar-refractivity contribution is 9.10. The summed E-state index contributed by atoms with van der Waals surface area (Å²) in [6.07, 6.45) is 0. The van der Waals surface area contributed by atoms with Crippen molar-refractivity contribution in [1.82, 2.24) is 9.78 Å². The van der Waals surface area contributed by atoms with E-state index >= 15 is 0 Å². The van der Waals surface area contributed by atoms with Gasteiger partial charge in [-0.05, 0) is 36.6 Å². The average molecular weight is 412 g/mol. The van der Waals surface area contributed by atoms with Gasteiger partial charge < -0.3 is 0 Å². The van der Waals surface area contributed by atoms with E-state index in [2.05, 4.69) is 21.0 Å². The SMILES string of the molecule is Cc1cc(Br)ccc1-n1nc(C(C)C)c(S(=O)(=O)Cl)c1Cl. The Kier molecular flexibility index (Phi) is 4.73. The molecule has 0 N–H and O–H groups in total. The Bertz CT molecular complexity index is 801. The maximum Gasteiger partial charge on any atom is 0.266 e. The van der Waals surface area contributed by atoms with Crippen molar-refractivity contribution >= 4 is 47.3 Å².